The van der Waals surface area contributed by atoms with Gasteiger partial charge in [0.2, 0.25) is 5.91 Å². The topological polar surface area (TPSA) is 32.3 Å². The highest BCUT2D eigenvalue weighted by Gasteiger charge is 2.26. The summed E-state index contributed by atoms with van der Waals surface area (Å²) in [5.41, 5.74) is 0. The molecule has 0 heterocycles. The molecule has 0 aliphatic carbocycles. The molecule has 0 aromatic rings. The second-order valence-electron chi connectivity index (χ2n) is 3.64. The number of hydrogen-bond acceptors (Lipinski definition) is 2. The Bertz CT molecular complexity index is 204. The Balaban J connectivity index is 3.65. The third-order valence-corrected chi connectivity index (χ3v) is 2.03. The summed E-state index contributed by atoms with van der Waals surface area (Å²) in [6, 6.07) is 0.0573. The molecule has 1 amide bonds. The lowest BCUT2D eigenvalue weighted by molar-refractivity contribution is -0.136. The third-order valence-electron chi connectivity index (χ3n) is 2.03. The summed E-state index contributed by atoms with van der Waals surface area (Å²) in [5.74, 6) is -0.202. The molecule has 3 nitrogen and oxygen atoms in total. The van der Waals surface area contributed by atoms with E-state index in [2.05, 4.69) is 5.32 Å². The summed E-state index contributed by atoms with van der Waals surface area (Å²) < 4.78 is 35.2. The molecule has 1 N–H and O–H groups in total. The van der Waals surface area contributed by atoms with Crippen LogP contribution in [0.2, 0.25) is 0 Å². The first-order chi connectivity index (χ1) is 6.74. The maximum Gasteiger partial charge on any atom is 0.390 e. The van der Waals surface area contributed by atoms with Gasteiger partial charge < -0.3 is 10.2 Å². The lowest BCUT2D eigenvalue weighted by atomic mass is 10.3. The zero-order chi connectivity index (χ0) is 12.1. The Morgan fingerprint density at radius 3 is 2.33 bits per heavy atom. The number of nitrogens with zero attached hydrogens (tertiary/aromatic N) is 1. The molecule has 0 spiro atoms. The first-order valence-corrected chi connectivity index (χ1v) is 4.77. The predicted octanol–water partition coefficient (Wildman–Crippen LogP) is 1.40. The molecular formula is C9H17F3N2O. The molecule has 0 aliphatic heterocycles. The number of carbonyl (C=O) groups excluding carboxylic acids is 1. The maximum atomic E-state index is 11.7. The zero-order valence-corrected chi connectivity index (χ0v) is 9.19. The van der Waals surface area contributed by atoms with Crippen molar-refractivity contribution in [1.29, 1.82) is 0 Å². The Hall–Kier alpha value is -0.780. The van der Waals surface area contributed by atoms with E-state index in [9.17, 15) is 18.0 Å². The molecule has 0 aromatic heterocycles. The molecule has 0 fully saturated rings. The maximum absolute atomic E-state index is 11.7. The van der Waals surface area contributed by atoms with E-state index in [1.165, 1.54) is 4.90 Å². The fourth-order valence-corrected chi connectivity index (χ4v) is 0.838. The molecule has 0 saturated heterocycles. The van der Waals surface area contributed by atoms with Gasteiger partial charge in [-0.2, -0.15) is 13.2 Å². The molecule has 0 bridgehead atoms. The van der Waals surface area contributed by atoms with E-state index in [0.717, 1.165) is 0 Å². The lowest BCUT2D eigenvalue weighted by Gasteiger charge is -2.21. The summed E-state index contributed by atoms with van der Waals surface area (Å²) in [4.78, 5) is 12.8. The highest BCUT2D eigenvalue weighted by Crippen LogP contribution is 2.17. The number of hydrogen-bond donors (Lipinski definition) is 1. The van der Waals surface area contributed by atoms with Gasteiger partial charge in [0.15, 0.2) is 0 Å². The third kappa shape index (κ3) is 7.18. The molecule has 15 heavy (non-hydrogen) atoms. The van der Waals surface area contributed by atoms with Crippen molar-refractivity contribution < 1.29 is 18.0 Å². The van der Waals surface area contributed by atoms with Crippen LogP contribution in [-0.4, -0.2) is 43.2 Å². The highest BCUT2D eigenvalue weighted by atomic mass is 19.4. The van der Waals surface area contributed by atoms with Gasteiger partial charge >= 0.3 is 6.18 Å². The van der Waals surface area contributed by atoms with Gasteiger partial charge in [0, 0.05) is 19.6 Å². The van der Waals surface area contributed by atoms with E-state index in [-0.39, 0.29) is 25.0 Å². The monoisotopic (exact) mass is 226 g/mol. The van der Waals surface area contributed by atoms with Crippen molar-refractivity contribution >= 4 is 5.91 Å². The van der Waals surface area contributed by atoms with Crippen LogP contribution in [0.5, 0.6) is 0 Å². The summed E-state index contributed by atoms with van der Waals surface area (Å²) in [5, 5.41) is 2.47. The quantitative estimate of drug-likeness (QED) is 0.718. The molecule has 0 rings (SSSR count). The first kappa shape index (κ1) is 14.2. The number of halogens is 3. The first-order valence-electron chi connectivity index (χ1n) is 4.77. The van der Waals surface area contributed by atoms with Gasteiger partial charge in [0.25, 0.3) is 0 Å². The number of amides is 1. The normalized spacial score (nSPS) is 11.9. The summed E-state index contributed by atoms with van der Waals surface area (Å²) in [6.07, 6.45) is -5.08. The van der Waals surface area contributed by atoms with Crippen LogP contribution >= 0.6 is 0 Å². The van der Waals surface area contributed by atoms with Gasteiger partial charge in [-0.25, -0.2) is 0 Å². The van der Waals surface area contributed by atoms with E-state index in [0.29, 0.717) is 0 Å². The second kappa shape index (κ2) is 5.95. The fourth-order valence-electron chi connectivity index (χ4n) is 0.838. The van der Waals surface area contributed by atoms with Crippen LogP contribution in [0.25, 0.3) is 0 Å². The minimum absolute atomic E-state index is 0.0508. The fraction of sp³-hybridized carbons (Fsp3) is 0.889. The average Bonchev–Trinajstić information content (AvgIpc) is 2.09. The van der Waals surface area contributed by atoms with E-state index >= 15 is 0 Å². The number of carbonyl (C=O) groups is 1. The van der Waals surface area contributed by atoms with Crippen molar-refractivity contribution in [2.45, 2.75) is 32.5 Å². The highest BCUT2D eigenvalue weighted by molar-refractivity contribution is 5.78. The molecular weight excluding hydrogens is 209 g/mol. The number of nitrogens with one attached hydrogen (secondary N) is 1. The average molecular weight is 226 g/mol. The van der Waals surface area contributed by atoms with Gasteiger partial charge in [-0.3, -0.25) is 4.79 Å². The SMILES string of the molecule is CC(C)N(C)C(=O)CNCCC(F)(F)F. The van der Waals surface area contributed by atoms with Gasteiger partial charge in [-0.15, -0.1) is 0 Å². The molecule has 0 aromatic carbocycles. The predicted molar refractivity (Wildman–Crippen MR) is 51.4 cm³/mol. The van der Waals surface area contributed by atoms with Crippen LogP contribution in [0.4, 0.5) is 13.2 Å². The van der Waals surface area contributed by atoms with Crippen molar-refractivity contribution in [3.05, 3.63) is 0 Å². The van der Waals surface area contributed by atoms with Crippen LogP contribution < -0.4 is 5.32 Å². The molecule has 0 atom stereocenters. The summed E-state index contributed by atoms with van der Waals surface area (Å²) in [6.45, 7) is 3.41. The zero-order valence-electron chi connectivity index (χ0n) is 9.19. The van der Waals surface area contributed by atoms with Crippen LogP contribution in [0, 0.1) is 0 Å². The number of rotatable bonds is 5. The van der Waals surface area contributed by atoms with Gasteiger partial charge in [0.05, 0.1) is 13.0 Å². The Labute approximate surface area is 87.6 Å². The molecule has 0 aliphatic rings. The number of likely N-dealkylation sites (N-methyl/N-ethyl adjacent to an activating group) is 1. The van der Waals surface area contributed by atoms with Gasteiger partial charge in [-0.1, -0.05) is 0 Å². The van der Waals surface area contributed by atoms with Gasteiger partial charge in [-0.05, 0) is 13.8 Å². The van der Waals surface area contributed by atoms with E-state index in [1.54, 1.807) is 7.05 Å². The van der Waals surface area contributed by atoms with E-state index < -0.39 is 12.6 Å². The molecule has 90 valence electrons. The van der Waals surface area contributed by atoms with E-state index in [1.807, 2.05) is 13.8 Å². The largest absolute Gasteiger partial charge is 0.390 e. The summed E-state index contributed by atoms with van der Waals surface area (Å²) in [7, 11) is 1.62. The molecule has 6 heteroatoms. The number of alkyl halides is 3. The van der Waals surface area contributed by atoms with Crippen molar-refractivity contribution in [3.63, 3.8) is 0 Å². The van der Waals surface area contributed by atoms with Crippen molar-refractivity contribution in [2.24, 2.45) is 0 Å². The van der Waals surface area contributed by atoms with Crippen molar-refractivity contribution in [2.75, 3.05) is 20.1 Å². The smallest absolute Gasteiger partial charge is 0.342 e. The molecule has 0 unspecified atom stereocenters. The van der Waals surface area contributed by atoms with Crippen molar-refractivity contribution in [3.8, 4) is 0 Å². The lowest BCUT2D eigenvalue weighted by Crippen LogP contribution is -2.40. The second-order valence-corrected chi connectivity index (χ2v) is 3.64. The van der Waals surface area contributed by atoms with Gasteiger partial charge in [0.1, 0.15) is 0 Å². The Kier molecular flexibility index (Phi) is 5.64. The summed E-state index contributed by atoms with van der Waals surface area (Å²) >= 11 is 0. The van der Waals surface area contributed by atoms with Crippen LogP contribution in [0.1, 0.15) is 20.3 Å². The van der Waals surface area contributed by atoms with Crippen LogP contribution in [0.3, 0.4) is 0 Å². The van der Waals surface area contributed by atoms with Crippen molar-refractivity contribution in [1.82, 2.24) is 10.2 Å². The Morgan fingerprint density at radius 2 is 1.93 bits per heavy atom. The minimum Gasteiger partial charge on any atom is -0.342 e. The standard InChI is InChI=1S/C9H17F3N2O/c1-7(2)14(3)8(15)6-13-5-4-9(10,11)12/h7,13H,4-6H2,1-3H3. The molecule has 0 saturated carbocycles. The molecule has 0 radical (unpaired) electrons. The van der Waals surface area contributed by atoms with Crippen LogP contribution in [0.15, 0.2) is 0 Å². The minimum atomic E-state index is -4.17. The Morgan fingerprint density at radius 1 is 1.40 bits per heavy atom. The van der Waals surface area contributed by atoms with E-state index in [4.69, 9.17) is 0 Å². The van der Waals surface area contributed by atoms with Crippen LogP contribution in [-0.2, 0) is 4.79 Å².